The van der Waals surface area contributed by atoms with Crippen molar-refractivity contribution in [2.75, 3.05) is 5.75 Å². The van der Waals surface area contributed by atoms with Crippen LogP contribution in [0, 0.1) is 0 Å². The summed E-state index contributed by atoms with van der Waals surface area (Å²) in [5.41, 5.74) is 0. The van der Waals surface area contributed by atoms with Crippen molar-refractivity contribution in [3.05, 3.63) is 0 Å². The summed E-state index contributed by atoms with van der Waals surface area (Å²) >= 11 is 0. The van der Waals surface area contributed by atoms with E-state index in [0.717, 1.165) is 12.8 Å². The SMILES string of the molecule is CCCCCCCCCCCCCCS(=O)(=O)O.[NaH].[NaH]. The van der Waals surface area contributed by atoms with Gasteiger partial charge in [0.15, 0.2) is 0 Å². The molecular formula is C14H32Na2O3S. The fraction of sp³-hybridized carbons (Fsp3) is 1.00. The molecule has 0 amide bonds. The molecule has 0 radical (unpaired) electrons. The Morgan fingerprint density at radius 2 is 0.950 bits per heavy atom. The number of rotatable bonds is 13. The Labute approximate surface area is 170 Å². The molecule has 0 atom stereocenters. The van der Waals surface area contributed by atoms with Gasteiger partial charge in [-0.15, -0.1) is 0 Å². The van der Waals surface area contributed by atoms with Crippen LogP contribution in [0.1, 0.15) is 84.0 Å². The molecule has 0 saturated heterocycles. The zero-order chi connectivity index (χ0) is 13.7. The van der Waals surface area contributed by atoms with E-state index < -0.39 is 10.1 Å². The predicted octanol–water partition coefficient (Wildman–Crippen LogP) is 3.28. The number of hydrogen-bond donors (Lipinski definition) is 1. The average molecular weight is 326 g/mol. The first-order valence-electron chi connectivity index (χ1n) is 7.51. The summed E-state index contributed by atoms with van der Waals surface area (Å²) in [5, 5.41) is 0. The van der Waals surface area contributed by atoms with Gasteiger partial charge in [-0.2, -0.15) is 8.42 Å². The second-order valence-corrected chi connectivity index (χ2v) is 6.75. The molecule has 0 aliphatic rings. The van der Waals surface area contributed by atoms with Crippen LogP contribution in [0.4, 0.5) is 0 Å². The van der Waals surface area contributed by atoms with Crippen molar-refractivity contribution < 1.29 is 13.0 Å². The molecule has 0 bridgehead atoms. The Balaban J connectivity index is -0.00000144. The van der Waals surface area contributed by atoms with Gasteiger partial charge in [-0.1, -0.05) is 77.6 Å². The van der Waals surface area contributed by atoms with E-state index in [1.54, 1.807) is 0 Å². The average Bonchev–Trinajstić information content (AvgIpc) is 2.29. The minimum atomic E-state index is -3.74. The molecule has 0 rings (SSSR count). The van der Waals surface area contributed by atoms with Crippen molar-refractivity contribution in [1.29, 1.82) is 0 Å². The van der Waals surface area contributed by atoms with Gasteiger partial charge in [-0.05, 0) is 6.42 Å². The Hall–Kier alpha value is 1.91. The molecule has 0 spiro atoms. The topological polar surface area (TPSA) is 54.4 Å². The Morgan fingerprint density at radius 3 is 1.25 bits per heavy atom. The molecule has 0 heterocycles. The third kappa shape index (κ3) is 24.9. The summed E-state index contributed by atoms with van der Waals surface area (Å²) in [6.07, 6.45) is 14.5. The zero-order valence-electron chi connectivity index (χ0n) is 11.9. The molecule has 114 valence electrons. The molecule has 0 aromatic heterocycles. The van der Waals surface area contributed by atoms with Crippen LogP contribution < -0.4 is 0 Å². The molecule has 20 heavy (non-hydrogen) atoms. The van der Waals surface area contributed by atoms with Crippen LogP contribution in [0.3, 0.4) is 0 Å². The Kier molecular flexibility index (Phi) is 25.4. The van der Waals surface area contributed by atoms with Crippen LogP contribution in [0.25, 0.3) is 0 Å². The van der Waals surface area contributed by atoms with Gasteiger partial charge in [0, 0.05) is 0 Å². The van der Waals surface area contributed by atoms with E-state index in [9.17, 15) is 8.42 Å². The minimum absolute atomic E-state index is 0. The van der Waals surface area contributed by atoms with E-state index in [1.165, 1.54) is 57.8 Å². The maximum absolute atomic E-state index is 10.5. The van der Waals surface area contributed by atoms with Crippen LogP contribution in [0.2, 0.25) is 0 Å². The van der Waals surface area contributed by atoms with Crippen molar-refractivity contribution in [3.63, 3.8) is 0 Å². The van der Waals surface area contributed by atoms with Crippen molar-refractivity contribution in [3.8, 4) is 0 Å². The normalized spacial score (nSPS) is 10.7. The van der Waals surface area contributed by atoms with Gasteiger partial charge >= 0.3 is 59.1 Å². The van der Waals surface area contributed by atoms with Gasteiger partial charge in [0.05, 0.1) is 5.75 Å². The maximum atomic E-state index is 10.5. The summed E-state index contributed by atoms with van der Waals surface area (Å²) in [7, 11) is -3.74. The van der Waals surface area contributed by atoms with E-state index in [4.69, 9.17) is 4.55 Å². The summed E-state index contributed by atoms with van der Waals surface area (Å²) < 4.78 is 29.5. The first-order valence-corrected chi connectivity index (χ1v) is 9.12. The van der Waals surface area contributed by atoms with Crippen molar-refractivity contribution in [1.82, 2.24) is 0 Å². The van der Waals surface area contributed by atoms with Gasteiger partial charge in [-0.25, -0.2) is 0 Å². The molecule has 1 N–H and O–H groups in total. The summed E-state index contributed by atoms with van der Waals surface area (Å²) in [6.45, 7) is 2.24. The molecule has 0 aliphatic heterocycles. The number of unbranched alkanes of at least 4 members (excludes halogenated alkanes) is 11. The second kappa shape index (κ2) is 19.0. The second-order valence-electron chi connectivity index (χ2n) is 5.18. The fourth-order valence-corrected chi connectivity index (χ4v) is 2.69. The molecule has 6 heteroatoms. The van der Waals surface area contributed by atoms with Crippen molar-refractivity contribution in [2.45, 2.75) is 84.0 Å². The third-order valence-corrected chi connectivity index (χ3v) is 4.06. The van der Waals surface area contributed by atoms with E-state index in [0.29, 0.717) is 6.42 Å². The molecule has 0 aliphatic carbocycles. The van der Waals surface area contributed by atoms with Crippen LogP contribution in [0.5, 0.6) is 0 Å². The number of hydrogen-bond acceptors (Lipinski definition) is 2. The van der Waals surface area contributed by atoms with Crippen LogP contribution in [-0.2, 0) is 10.1 Å². The monoisotopic (exact) mass is 326 g/mol. The Morgan fingerprint density at radius 1 is 0.650 bits per heavy atom. The summed E-state index contributed by atoms with van der Waals surface area (Å²) in [5.74, 6) is -0.0789. The Bertz CT molecular complexity index is 270. The quantitative estimate of drug-likeness (QED) is 0.321. The zero-order valence-corrected chi connectivity index (χ0v) is 12.7. The molecule has 3 nitrogen and oxygen atoms in total. The van der Waals surface area contributed by atoms with Gasteiger partial charge in [0.25, 0.3) is 10.1 Å². The van der Waals surface area contributed by atoms with Crippen LogP contribution in [0.15, 0.2) is 0 Å². The fourth-order valence-electron chi connectivity index (χ4n) is 2.13. The predicted molar refractivity (Wildman–Crippen MR) is 91.8 cm³/mol. The molecule has 0 saturated carbocycles. The van der Waals surface area contributed by atoms with Crippen molar-refractivity contribution in [2.24, 2.45) is 0 Å². The van der Waals surface area contributed by atoms with E-state index in [2.05, 4.69) is 6.92 Å². The molecule has 0 aromatic rings. The third-order valence-electron chi connectivity index (χ3n) is 3.26. The van der Waals surface area contributed by atoms with Gasteiger partial charge in [0.2, 0.25) is 0 Å². The standard InChI is InChI=1S/C14H30O3S.2Na.2H/c1-2-3-4-5-6-7-8-9-10-11-12-13-14-18(15,16)17;;;;/h2-14H2,1H3,(H,15,16,17);;;;. The van der Waals surface area contributed by atoms with E-state index in [1.807, 2.05) is 0 Å². The van der Waals surface area contributed by atoms with Gasteiger partial charge in [0.1, 0.15) is 0 Å². The summed E-state index contributed by atoms with van der Waals surface area (Å²) in [4.78, 5) is 0. The first-order chi connectivity index (χ1) is 8.56. The van der Waals surface area contributed by atoms with Crippen LogP contribution >= 0.6 is 0 Å². The molecule has 0 unspecified atom stereocenters. The summed E-state index contributed by atoms with van der Waals surface area (Å²) in [6, 6.07) is 0. The molecule has 0 aromatic carbocycles. The first kappa shape index (κ1) is 26.8. The molecular weight excluding hydrogens is 294 g/mol. The molecule has 0 fully saturated rings. The van der Waals surface area contributed by atoms with Crippen LogP contribution in [-0.4, -0.2) is 77.8 Å². The van der Waals surface area contributed by atoms with Gasteiger partial charge in [-0.3, -0.25) is 4.55 Å². The van der Waals surface area contributed by atoms with Gasteiger partial charge < -0.3 is 0 Å². The van der Waals surface area contributed by atoms with Crippen molar-refractivity contribution >= 4 is 69.2 Å². The van der Waals surface area contributed by atoms with E-state index >= 15 is 0 Å². The van der Waals surface area contributed by atoms with E-state index in [-0.39, 0.29) is 64.9 Å².